The van der Waals surface area contributed by atoms with Gasteiger partial charge in [-0.2, -0.15) is 4.31 Å². The van der Waals surface area contributed by atoms with Crippen LogP contribution >= 0.6 is 0 Å². The van der Waals surface area contributed by atoms with E-state index < -0.39 is 39.2 Å². The number of carbonyl (C=O) groups is 3. The summed E-state index contributed by atoms with van der Waals surface area (Å²) in [4.78, 5) is 50.3. The van der Waals surface area contributed by atoms with Gasteiger partial charge in [0.1, 0.15) is 6.54 Å². The molecule has 1 fully saturated rings. The number of sulfonamides is 1. The van der Waals surface area contributed by atoms with Crippen molar-refractivity contribution in [2.75, 3.05) is 32.7 Å². The second kappa shape index (κ2) is 9.15. The van der Waals surface area contributed by atoms with Gasteiger partial charge < -0.3 is 4.90 Å². The first kappa shape index (κ1) is 23.3. The number of carbonyl (C=O) groups excluding carboxylic acids is 3. The maximum Gasteiger partial charge on any atom is 0.270 e. The third kappa shape index (κ3) is 4.58. The summed E-state index contributed by atoms with van der Waals surface area (Å²) >= 11 is 0. The van der Waals surface area contributed by atoms with Gasteiger partial charge in [0.2, 0.25) is 15.9 Å². The van der Waals surface area contributed by atoms with Crippen LogP contribution in [0.5, 0.6) is 0 Å². The Morgan fingerprint density at radius 1 is 0.971 bits per heavy atom. The van der Waals surface area contributed by atoms with Crippen LogP contribution in [-0.4, -0.2) is 77.9 Å². The quantitative estimate of drug-likeness (QED) is 0.342. The number of benzene rings is 2. The summed E-state index contributed by atoms with van der Waals surface area (Å²) in [7, 11) is -3.68. The molecule has 0 bridgehead atoms. The van der Waals surface area contributed by atoms with Gasteiger partial charge in [0.25, 0.3) is 17.5 Å². The number of amides is 3. The van der Waals surface area contributed by atoms with E-state index in [0.29, 0.717) is 0 Å². The number of hydrogen-bond donors (Lipinski definition) is 0. The van der Waals surface area contributed by atoms with E-state index in [-0.39, 0.29) is 43.0 Å². The summed E-state index contributed by atoms with van der Waals surface area (Å²) in [5.74, 6) is -1.99. The lowest BCUT2D eigenvalue weighted by Gasteiger charge is -2.34. The Morgan fingerprint density at radius 3 is 2.26 bits per heavy atom. The highest BCUT2D eigenvalue weighted by molar-refractivity contribution is 7.92. The lowest BCUT2D eigenvalue weighted by atomic mass is 10.1. The Balaban J connectivity index is 1.37. The molecule has 2 heterocycles. The van der Waals surface area contributed by atoms with Gasteiger partial charge in [0.15, 0.2) is 0 Å². The smallest absolute Gasteiger partial charge is 0.270 e. The number of nitrogens with zero attached hydrogens (tertiary/aromatic N) is 4. The zero-order valence-electron chi connectivity index (χ0n) is 17.9. The van der Waals surface area contributed by atoms with Gasteiger partial charge in [-0.1, -0.05) is 30.3 Å². The van der Waals surface area contributed by atoms with Crippen molar-refractivity contribution in [2.24, 2.45) is 0 Å². The van der Waals surface area contributed by atoms with Gasteiger partial charge in [-0.3, -0.25) is 29.4 Å². The van der Waals surface area contributed by atoms with E-state index in [1.54, 1.807) is 24.3 Å². The maximum atomic E-state index is 12.7. The van der Waals surface area contributed by atoms with Crippen LogP contribution in [0, 0.1) is 10.1 Å². The van der Waals surface area contributed by atoms with Crippen LogP contribution in [0.1, 0.15) is 26.3 Å². The van der Waals surface area contributed by atoms with E-state index in [1.165, 1.54) is 21.3 Å². The van der Waals surface area contributed by atoms with Crippen molar-refractivity contribution in [3.05, 3.63) is 80.7 Å². The molecule has 0 atom stereocenters. The molecule has 12 heteroatoms. The van der Waals surface area contributed by atoms with Crippen LogP contribution in [0.25, 0.3) is 6.08 Å². The molecule has 4 rings (SSSR count). The highest BCUT2D eigenvalue weighted by atomic mass is 32.2. The van der Waals surface area contributed by atoms with Crippen molar-refractivity contribution >= 4 is 39.5 Å². The molecule has 0 radical (unpaired) electrons. The van der Waals surface area contributed by atoms with E-state index >= 15 is 0 Å². The Labute approximate surface area is 195 Å². The molecule has 0 aromatic heterocycles. The lowest BCUT2D eigenvalue weighted by molar-refractivity contribution is -0.384. The molecule has 0 unspecified atom stereocenters. The summed E-state index contributed by atoms with van der Waals surface area (Å²) in [5.41, 5.74) is 0.301. The van der Waals surface area contributed by atoms with Gasteiger partial charge in [0, 0.05) is 43.7 Å². The van der Waals surface area contributed by atoms with Crippen LogP contribution in [-0.2, 0) is 14.8 Å². The Hall–Kier alpha value is -3.90. The largest absolute Gasteiger partial charge is 0.338 e. The predicted octanol–water partition coefficient (Wildman–Crippen LogP) is 1.34. The zero-order chi connectivity index (χ0) is 24.5. The van der Waals surface area contributed by atoms with Crippen LogP contribution in [0.4, 0.5) is 5.69 Å². The number of hydrogen-bond acceptors (Lipinski definition) is 7. The molecule has 34 heavy (non-hydrogen) atoms. The molecular formula is C22H20N4O7S. The fourth-order valence-corrected chi connectivity index (χ4v) is 4.95. The van der Waals surface area contributed by atoms with E-state index in [2.05, 4.69) is 0 Å². The number of imide groups is 1. The van der Waals surface area contributed by atoms with E-state index in [9.17, 15) is 32.9 Å². The third-order valence-corrected chi connectivity index (χ3v) is 7.21. The average molecular weight is 484 g/mol. The Morgan fingerprint density at radius 2 is 1.62 bits per heavy atom. The fourth-order valence-electron chi connectivity index (χ4n) is 3.78. The topological polar surface area (TPSA) is 138 Å². The number of nitro benzene ring substituents is 1. The van der Waals surface area contributed by atoms with Crippen molar-refractivity contribution in [2.45, 2.75) is 0 Å². The monoisotopic (exact) mass is 484 g/mol. The average Bonchev–Trinajstić information content (AvgIpc) is 3.07. The van der Waals surface area contributed by atoms with E-state index in [0.717, 1.165) is 28.0 Å². The molecule has 176 valence electrons. The SMILES string of the molecule is O=C(CN1C(=O)c2ccc([N+](=O)[O-])cc2C1=O)N1CCN(S(=O)(=O)C=Cc2ccccc2)CC1. The molecule has 0 aliphatic carbocycles. The standard InChI is InChI=1S/C22H20N4O7S/c27-20(15-25-21(28)18-7-6-17(26(30)31)14-19(18)22(25)29)23-9-11-24(12-10-23)34(32,33)13-8-16-4-2-1-3-5-16/h1-8,13-14H,9-12,15H2. The molecule has 2 aromatic rings. The summed E-state index contributed by atoms with van der Waals surface area (Å²) < 4.78 is 26.4. The first-order valence-electron chi connectivity index (χ1n) is 10.3. The van der Waals surface area contributed by atoms with Gasteiger partial charge in [-0.15, -0.1) is 0 Å². The zero-order valence-corrected chi connectivity index (χ0v) is 18.7. The van der Waals surface area contributed by atoms with Crippen LogP contribution in [0.3, 0.4) is 0 Å². The molecule has 1 saturated heterocycles. The van der Waals surface area contributed by atoms with Gasteiger partial charge in [-0.25, -0.2) is 8.42 Å². The molecule has 11 nitrogen and oxygen atoms in total. The van der Waals surface area contributed by atoms with Crippen molar-refractivity contribution in [1.82, 2.24) is 14.1 Å². The number of nitro groups is 1. The molecule has 2 aromatic carbocycles. The van der Waals surface area contributed by atoms with Crippen LogP contribution < -0.4 is 0 Å². The molecule has 2 aliphatic heterocycles. The molecule has 0 spiro atoms. The molecule has 3 amide bonds. The highest BCUT2D eigenvalue weighted by Crippen LogP contribution is 2.27. The summed E-state index contributed by atoms with van der Waals surface area (Å²) in [5, 5.41) is 12.1. The minimum absolute atomic E-state index is 0.00418. The third-order valence-electron chi connectivity index (χ3n) is 5.64. The second-order valence-electron chi connectivity index (χ2n) is 7.72. The van der Waals surface area contributed by atoms with Crippen molar-refractivity contribution < 1.29 is 27.7 Å². The van der Waals surface area contributed by atoms with Crippen molar-refractivity contribution in [3.8, 4) is 0 Å². The minimum atomic E-state index is -3.68. The lowest BCUT2D eigenvalue weighted by Crippen LogP contribution is -2.52. The number of piperazine rings is 1. The second-order valence-corrected chi connectivity index (χ2v) is 9.54. The number of rotatable bonds is 6. The summed E-state index contributed by atoms with van der Waals surface area (Å²) in [6, 6.07) is 12.3. The number of fused-ring (bicyclic) bond motifs is 1. The minimum Gasteiger partial charge on any atom is -0.338 e. The normalized spacial score (nSPS) is 16.8. The highest BCUT2D eigenvalue weighted by Gasteiger charge is 2.39. The maximum absolute atomic E-state index is 12.7. The Kier molecular flexibility index (Phi) is 6.26. The van der Waals surface area contributed by atoms with Crippen LogP contribution in [0.15, 0.2) is 53.9 Å². The molecular weight excluding hydrogens is 464 g/mol. The fraction of sp³-hybridized carbons (Fsp3) is 0.227. The molecule has 0 saturated carbocycles. The Bertz CT molecular complexity index is 1300. The van der Waals surface area contributed by atoms with Crippen LogP contribution in [0.2, 0.25) is 0 Å². The number of non-ortho nitro benzene ring substituents is 1. The molecule has 2 aliphatic rings. The summed E-state index contributed by atoms with van der Waals surface area (Å²) in [6.07, 6.45) is 1.50. The van der Waals surface area contributed by atoms with Crippen molar-refractivity contribution in [3.63, 3.8) is 0 Å². The molecule has 0 N–H and O–H groups in total. The van der Waals surface area contributed by atoms with Crippen molar-refractivity contribution in [1.29, 1.82) is 0 Å². The first-order chi connectivity index (χ1) is 16.2. The van der Waals surface area contributed by atoms with Gasteiger partial charge in [0.05, 0.1) is 16.1 Å². The first-order valence-corrected chi connectivity index (χ1v) is 11.8. The van der Waals surface area contributed by atoms with E-state index in [1.807, 2.05) is 6.07 Å². The van der Waals surface area contributed by atoms with Gasteiger partial charge in [-0.05, 0) is 17.7 Å². The van der Waals surface area contributed by atoms with Gasteiger partial charge >= 0.3 is 0 Å². The van der Waals surface area contributed by atoms with E-state index in [4.69, 9.17) is 0 Å². The predicted molar refractivity (Wildman–Crippen MR) is 121 cm³/mol. The summed E-state index contributed by atoms with van der Waals surface area (Å²) in [6.45, 7) is -0.179.